The minimum absolute atomic E-state index is 0.154. The van der Waals surface area contributed by atoms with Crippen LogP contribution in [0.1, 0.15) is 40.5 Å². The van der Waals surface area contributed by atoms with E-state index in [1.165, 1.54) is 7.11 Å². The second-order valence-corrected chi connectivity index (χ2v) is 4.60. The molecule has 104 valence electrons. The van der Waals surface area contributed by atoms with Crippen molar-refractivity contribution in [3.63, 3.8) is 0 Å². The number of hydrogen-bond donors (Lipinski definition) is 0. The van der Waals surface area contributed by atoms with Crippen molar-refractivity contribution in [1.82, 2.24) is 4.90 Å². The first-order chi connectivity index (χ1) is 8.02. The van der Waals surface area contributed by atoms with Crippen LogP contribution in [-0.2, 0) is 4.74 Å². The van der Waals surface area contributed by atoms with Crippen molar-refractivity contribution in [2.24, 2.45) is 5.41 Å². The van der Waals surface area contributed by atoms with Crippen LogP contribution in [0.15, 0.2) is 0 Å². The minimum Gasteiger partial charge on any atom is -0.372 e. The number of likely N-dealkylation sites (tertiary alicyclic amines) is 1. The average Bonchev–Trinajstić information content (AvgIpc) is 2.26. The SMILES string of the molecule is CC.CC.COC1(C(F)F)CC2(CN(C)C2)C1. The summed E-state index contributed by atoms with van der Waals surface area (Å²) in [6, 6.07) is 0. The molecule has 0 bridgehead atoms. The number of alkyl halides is 2. The summed E-state index contributed by atoms with van der Waals surface area (Å²) < 4.78 is 30.1. The van der Waals surface area contributed by atoms with Crippen LogP contribution in [-0.4, -0.2) is 44.2 Å². The summed E-state index contributed by atoms with van der Waals surface area (Å²) in [6.45, 7) is 9.90. The quantitative estimate of drug-likeness (QED) is 0.745. The predicted molar refractivity (Wildman–Crippen MR) is 67.6 cm³/mol. The van der Waals surface area contributed by atoms with Crippen molar-refractivity contribution >= 4 is 0 Å². The monoisotopic (exact) mass is 251 g/mol. The van der Waals surface area contributed by atoms with Gasteiger partial charge in [0.15, 0.2) is 0 Å². The summed E-state index contributed by atoms with van der Waals surface area (Å²) >= 11 is 0. The molecule has 17 heavy (non-hydrogen) atoms. The summed E-state index contributed by atoms with van der Waals surface area (Å²) in [5.41, 5.74) is -0.970. The number of ether oxygens (including phenoxy) is 1. The van der Waals surface area contributed by atoms with Gasteiger partial charge in [0.2, 0.25) is 0 Å². The van der Waals surface area contributed by atoms with Gasteiger partial charge in [-0.05, 0) is 19.9 Å². The average molecular weight is 251 g/mol. The lowest BCUT2D eigenvalue weighted by atomic mass is 9.55. The summed E-state index contributed by atoms with van der Waals surface area (Å²) in [4.78, 5) is 2.16. The van der Waals surface area contributed by atoms with Gasteiger partial charge < -0.3 is 9.64 Å². The van der Waals surface area contributed by atoms with Crippen molar-refractivity contribution in [1.29, 1.82) is 0 Å². The first kappa shape index (κ1) is 16.8. The van der Waals surface area contributed by atoms with Crippen molar-refractivity contribution in [3.05, 3.63) is 0 Å². The van der Waals surface area contributed by atoms with E-state index in [0.29, 0.717) is 12.8 Å². The lowest BCUT2D eigenvalue weighted by Crippen LogP contribution is -2.69. The van der Waals surface area contributed by atoms with Crippen LogP contribution >= 0.6 is 0 Å². The predicted octanol–water partition coefficient (Wildman–Crippen LogP) is 3.41. The van der Waals surface area contributed by atoms with Gasteiger partial charge >= 0.3 is 0 Å². The maximum Gasteiger partial charge on any atom is 0.267 e. The van der Waals surface area contributed by atoms with E-state index in [2.05, 4.69) is 4.90 Å². The molecule has 1 saturated carbocycles. The fraction of sp³-hybridized carbons (Fsp3) is 1.00. The zero-order valence-electron chi connectivity index (χ0n) is 12.0. The highest BCUT2D eigenvalue weighted by molar-refractivity contribution is 5.12. The topological polar surface area (TPSA) is 12.5 Å². The molecule has 0 aromatic carbocycles. The lowest BCUT2D eigenvalue weighted by molar-refractivity contribution is -0.249. The molecule has 1 heterocycles. The summed E-state index contributed by atoms with van der Waals surface area (Å²) in [6.07, 6.45) is -1.29. The van der Waals surface area contributed by atoms with Crippen LogP contribution in [0.3, 0.4) is 0 Å². The number of methoxy groups -OCH3 is 1. The van der Waals surface area contributed by atoms with Gasteiger partial charge in [0.25, 0.3) is 6.43 Å². The molecule has 2 fully saturated rings. The zero-order chi connectivity index (χ0) is 13.7. The first-order valence-electron chi connectivity index (χ1n) is 6.54. The van der Waals surface area contributed by atoms with E-state index in [0.717, 1.165) is 13.1 Å². The van der Waals surface area contributed by atoms with E-state index in [4.69, 9.17) is 4.74 Å². The Morgan fingerprint density at radius 2 is 1.47 bits per heavy atom. The Morgan fingerprint density at radius 1 is 1.06 bits per heavy atom. The van der Waals surface area contributed by atoms with Crippen molar-refractivity contribution in [2.75, 3.05) is 27.2 Å². The molecule has 0 atom stereocenters. The molecule has 4 heteroatoms. The number of halogens is 2. The van der Waals surface area contributed by atoms with Gasteiger partial charge in [-0.3, -0.25) is 0 Å². The van der Waals surface area contributed by atoms with Crippen LogP contribution in [0.25, 0.3) is 0 Å². The zero-order valence-corrected chi connectivity index (χ0v) is 12.0. The molecular weight excluding hydrogens is 224 g/mol. The molecule has 0 unspecified atom stereocenters. The third-order valence-electron chi connectivity index (χ3n) is 3.36. The standard InChI is InChI=1S/C9H15F2NO.2C2H6/c1-12-5-8(6-12)3-9(4-8,13-2)7(10)11;2*1-2/h7H,3-6H2,1-2H3;2*1-2H3. The molecule has 1 saturated heterocycles. The van der Waals surface area contributed by atoms with E-state index < -0.39 is 12.0 Å². The van der Waals surface area contributed by atoms with Gasteiger partial charge in [-0.1, -0.05) is 27.7 Å². The molecule has 1 spiro atoms. The van der Waals surface area contributed by atoms with E-state index in [-0.39, 0.29) is 5.41 Å². The Labute approximate surface area is 104 Å². The smallest absolute Gasteiger partial charge is 0.267 e. The van der Waals surface area contributed by atoms with Gasteiger partial charge in [0, 0.05) is 25.6 Å². The normalized spacial score (nSPS) is 23.8. The van der Waals surface area contributed by atoms with E-state index in [9.17, 15) is 8.78 Å². The number of hydrogen-bond acceptors (Lipinski definition) is 2. The minimum atomic E-state index is -2.34. The van der Waals surface area contributed by atoms with Crippen LogP contribution in [0.2, 0.25) is 0 Å². The molecule has 0 N–H and O–H groups in total. The highest BCUT2D eigenvalue weighted by Gasteiger charge is 2.63. The maximum atomic E-state index is 12.6. The maximum absolute atomic E-state index is 12.6. The fourth-order valence-electron chi connectivity index (χ4n) is 2.93. The van der Waals surface area contributed by atoms with E-state index in [1.807, 2.05) is 34.7 Å². The Balaban J connectivity index is 0.000000581. The number of nitrogens with zero attached hydrogens (tertiary/aromatic N) is 1. The number of rotatable bonds is 2. The summed E-state index contributed by atoms with van der Waals surface area (Å²) in [7, 11) is 3.40. The highest BCUT2D eigenvalue weighted by Crippen LogP contribution is 2.57. The molecule has 1 aliphatic carbocycles. The van der Waals surface area contributed by atoms with Gasteiger partial charge in [0.1, 0.15) is 5.60 Å². The second kappa shape index (κ2) is 6.64. The second-order valence-electron chi connectivity index (χ2n) is 4.60. The van der Waals surface area contributed by atoms with Crippen molar-refractivity contribution in [2.45, 2.75) is 52.6 Å². The highest BCUT2D eigenvalue weighted by atomic mass is 19.3. The molecule has 0 amide bonds. The van der Waals surface area contributed by atoms with E-state index >= 15 is 0 Å². The molecule has 0 aromatic rings. The Bertz CT molecular complexity index is 207. The fourth-order valence-corrected chi connectivity index (χ4v) is 2.93. The Kier molecular flexibility index (Phi) is 6.56. The Morgan fingerprint density at radius 3 is 1.71 bits per heavy atom. The molecule has 2 aliphatic rings. The molecule has 2 nitrogen and oxygen atoms in total. The van der Waals surface area contributed by atoms with E-state index in [1.54, 1.807) is 0 Å². The van der Waals surface area contributed by atoms with Crippen LogP contribution in [0.4, 0.5) is 8.78 Å². The third-order valence-corrected chi connectivity index (χ3v) is 3.36. The van der Waals surface area contributed by atoms with Gasteiger partial charge in [-0.2, -0.15) is 0 Å². The first-order valence-corrected chi connectivity index (χ1v) is 6.54. The van der Waals surface area contributed by atoms with Crippen molar-refractivity contribution < 1.29 is 13.5 Å². The van der Waals surface area contributed by atoms with Gasteiger partial charge in [0.05, 0.1) is 0 Å². The van der Waals surface area contributed by atoms with Gasteiger partial charge in [-0.15, -0.1) is 0 Å². The molecule has 1 aliphatic heterocycles. The molecular formula is C13H27F2NO. The third kappa shape index (κ3) is 3.16. The van der Waals surface area contributed by atoms with Gasteiger partial charge in [-0.25, -0.2) is 8.78 Å². The van der Waals surface area contributed by atoms with Crippen LogP contribution in [0.5, 0.6) is 0 Å². The summed E-state index contributed by atoms with van der Waals surface area (Å²) in [5, 5.41) is 0. The molecule has 2 rings (SSSR count). The molecule has 0 radical (unpaired) electrons. The van der Waals surface area contributed by atoms with Crippen molar-refractivity contribution in [3.8, 4) is 0 Å². The lowest BCUT2D eigenvalue weighted by Gasteiger charge is -2.62. The van der Waals surface area contributed by atoms with Crippen LogP contribution < -0.4 is 0 Å². The summed E-state index contributed by atoms with van der Waals surface area (Å²) in [5.74, 6) is 0. The van der Waals surface area contributed by atoms with Crippen LogP contribution in [0, 0.1) is 5.41 Å². The largest absolute Gasteiger partial charge is 0.372 e. The Hall–Kier alpha value is -0.220. The molecule has 0 aromatic heterocycles.